The standard InChI is InChI=1S/C9H16N2O5S/c10-9(14)7-3-4-11(6-7)17(15,16)5-1-2-8(12)13/h7H,1-6H2,(H2,10,14)(H,12,13). The summed E-state index contributed by atoms with van der Waals surface area (Å²) in [6.07, 6.45) is 0.342. The lowest BCUT2D eigenvalue weighted by atomic mass is 10.1. The van der Waals surface area contributed by atoms with Crippen LogP contribution in [0.4, 0.5) is 0 Å². The third-order valence-corrected chi connectivity index (χ3v) is 4.66. The van der Waals surface area contributed by atoms with Crippen LogP contribution in [0.25, 0.3) is 0 Å². The van der Waals surface area contributed by atoms with Gasteiger partial charge in [-0.3, -0.25) is 9.59 Å². The molecule has 8 heteroatoms. The summed E-state index contributed by atoms with van der Waals surface area (Å²) >= 11 is 0. The topological polar surface area (TPSA) is 118 Å². The number of rotatable bonds is 6. The molecule has 98 valence electrons. The van der Waals surface area contributed by atoms with E-state index in [0.717, 1.165) is 0 Å². The molecule has 7 nitrogen and oxygen atoms in total. The maximum Gasteiger partial charge on any atom is 0.303 e. The van der Waals surface area contributed by atoms with Crippen molar-refractivity contribution in [3.05, 3.63) is 0 Å². The van der Waals surface area contributed by atoms with Crippen molar-refractivity contribution in [3.8, 4) is 0 Å². The Kier molecular flexibility index (Phi) is 4.47. The monoisotopic (exact) mass is 264 g/mol. The van der Waals surface area contributed by atoms with Crippen LogP contribution in [0.1, 0.15) is 19.3 Å². The molecule has 1 unspecified atom stereocenters. The van der Waals surface area contributed by atoms with Crippen LogP contribution in [0.2, 0.25) is 0 Å². The second kappa shape index (κ2) is 5.46. The largest absolute Gasteiger partial charge is 0.481 e. The Morgan fingerprint density at radius 2 is 2.06 bits per heavy atom. The summed E-state index contributed by atoms with van der Waals surface area (Å²) in [6, 6.07) is 0. The zero-order valence-electron chi connectivity index (χ0n) is 9.33. The number of carboxylic acid groups (broad SMARTS) is 1. The molecule has 1 aliphatic rings. The number of carbonyl (C=O) groups is 2. The molecule has 1 fully saturated rings. The SMILES string of the molecule is NC(=O)C1CCN(S(=O)(=O)CCCC(=O)O)C1. The molecular weight excluding hydrogens is 248 g/mol. The van der Waals surface area contributed by atoms with E-state index in [2.05, 4.69) is 0 Å². The van der Waals surface area contributed by atoms with Crippen LogP contribution in [-0.2, 0) is 19.6 Å². The average molecular weight is 264 g/mol. The van der Waals surface area contributed by atoms with E-state index in [9.17, 15) is 18.0 Å². The second-order valence-corrected chi connectivity index (χ2v) is 6.15. The van der Waals surface area contributed by atoms with Crippen LogP contribution < -0.4 is 5.73 Å². The molecular formula is C9H16N2O5S. The molecule has 3 N–H and O–H groups in total. The molecule has 0 radical (unpaired) electrons. The van der Waals surface area contributed by atoms with E-state index >= 15 is 0 Å². The zero-order valence-corrected chi connectivity index (χ0v) is 10.1. The Morgan fingerprint density at radius 1 is 1.41 bits per heavy atom. The Morgan fingerprint density at radius 3 is 2.53 bits per heavy atom. The molecule has 0 bridgehead atoms. The van der Waals surface area contributed by atoms with Gasteiger partial charge < -0.3 is 10.8 Å². The fraction of sp³-hybridized carbons (Fsp3) is 0.778. The fourth-order valence-electron chi connectivity index (χ4n) is 1.75. The van der Waals surface area contributed by atoms with Gasteiger partial charge in [-0.2, -0.15) is 0 Å². The number of aliphatic carboxylic acids is 1. The number of carbonyl (C=O) groups excluding carboxylic acids is 1. The second-order valence-electron chi connectivity index (χ2n) is 4.06. The molecule has 0 spiro atoms. The smallest absolute Gasteiger partial charge is 0.303 e. The van der Waals surface area contributed by atoms with Crippen LogP contribution in [-0.4, -0.2) is 48.5 Å². The Bertz CT molecular complexity index is 406. The quantitative estimate of drug-likeness (QED) is 0.637. The van der Waals surface area contributed by atoms with Gasteiger partial charge >= 0.3 is 5.97 Å². The van der Waals surface area contributed by atoms with Crippen molar-refractivity contribution in [1.82, 2.24) is 4.31 Å². The first kappa shape index (κ1) is 13.9. The van der Waals surface area contributed by atoms with Gasteiger partial charge in [0, 0.05) is 19.5 Å². The molecule has 1 amide bonds. The molecule has 1 atom stereocenters. The van der Waals surface area contributed by atoms with Crippen molar-refractivity contribution in [3.63, 3.8) is 0 Å². The van der Waals surface area contributed by atoms with Crippen LogP contribution in [0, 0.1) is 5.92 Å². The summed E-state index contributed by atoms with van der Waals surface area (Å²) in [4.78, 5) is 21.2. The van der Waals surface area contributed by atoms with E-state index in [1.54, 1.807) is 0 Å². The molecule has 0 aromatic heterocycles. The normalized spacial score (nSPS) is 21.5. The number of sulfonamides is 1. The number of nitrogens with two attached hydrogens (primary N) is 1. The number of hydrogen-bond acceptors (Lipinski definition) is 4. The number of carboxylic acids is 1. The summed E-state index contributed by atoms with van der Waals surface area (Å²) in [5.41, 5.74) is 5.10. The average Bonchev–Trinajstić information content (AvgIpc) is 2.65. The highest BCUT2D eigenvalue weighted by atomic mass is 32.2. The van der Waals surface area contributed by atoms with Crippen molar-refractivity contribution in [2.45, 2.75) is 19.3 Å². The van der Waals surface area contributed by atoms with Gasteiger partial charge in [0.2, 0.25) is 15.9 Å². The molecule has 0 saturated carbocycles. The minimum atomic E-state index is -3.46. The third kappa shape index (κ3) is 3.97. The highest BCUT2D eigenvalue weighted by Gasteiger charge is 2.33. The number of amides is 1. The Labute approximate surface area is 99.6 Å². The van der Waals surface area contributed by atoms with Gasteiger partial charge in [0.25, 0.3) is 0 Å². The van der Waals surface area contributed by atoms with Crippen LogP contribution >= 0.6 is 0 Å². The third-order valence-electron chi connectivity index (χ3n) is 2.74. The number of hydrogen-bond donors (Lipinski definition) is 2. The highest BCUT2D eigenvalue weighted by Crippen LogP contribution is 2.19. The van der Waals surface area contributed by atoms with Gasteiger partial charge in [-0.25, -0.2) is 12.7 Å². The molecule has 17 heavy (non-hydrogen) atoms. The molecule has 1 aliphatic heterocycles. The Balaban J connectivity index is 2.49. The van der Waals surface area contributed by atoms with E-state index in [1.807, 2.05) is 0 Å². The summed E-state index contributed by atoms with van der Waals surface area (Å²) in [5.74, 6) is -2.14. The summed E-state index contributed by atoms with van der Waals surface area (Å²) in [5, 5.41) is 8.42. The van der Waals surface area contributed by atoms with Crippen LogP contribution in [0.15, 0.2) is 0 Å². The molecule has 1 saturated heterocycles. The lowest BCUT2D eigenvalue weighted by molar-refractivity contribution is -0.137. The first-order chi connectivity index (χ1) is 7.83. The maximum atomic E-state index is 11.8. The lowest BCUT2D eigenvalue weighted by Crippen LogP contribution is -2.33. The Hall–Kier alpha value is -1.15. The number of primary amides is 1. The number of nitrogens with zero attached hydrogens (tertiary/aromatic N) is 1. The molecule has 1 rings (SSSR count). The van der Waals surface area contributed by atoms with Gasteiger partial charge in [-0.1, -0.05) is 0 Å². The molecule has 0 aromatic rings. The van der Waals surface area contributed by atoms with Gasteiger partial charge in [0.15, 0.2) is 0 Å². The lowest BCUT2D eigenvalue weighted by Gasteiger charge is -2.15. The fourth-order valence-corrected chi connectivity index (χ4v) is 3.31. The summed E-state index contributed by atoms with van der Waals surface area (Å²) in [7, 11) is -3.46. The van der Waals surface area contributed by atoms with E-state index in [0.29, 0.717) is 6.42 Å². The van der Waals surface area contributed by atoms with Crippen LogP contribution in [0.3, 0.4) is 0 Å². The van der Waals surface area contributed by atoms with E-state index in [1.165, 1.54) is 4.31 Å². The minimum Gasteiger partial charge on any atom is -0.481 e. The van der Waals surface area contributed by atoms with Crippen molar-refractivity contribution < 1.29 is 23.1 Å². The van der Waals surface area contributed by atoms with Crippen LogP contribution in [0.5, 0.6) is 0 Å². The van der Waals surface area contributed by atoms with E-state index in [-0.39, 0.29) is 31.7 Å². The van der Waals surface area contributed by atoms with Crippen molar-refractivity contribution in [2.24, 2.45) is 11.7 Å². The minimum absolute atomic E-state index is 0.0788. The molecule has 0 aliphatic carbocycles. The van der Waals surface area contributed by atoms with Gasteiger partial charge in [0.1, 0.15) is 0 Å². The summed E-state index contributed by atoms with van der Waals surface area (Å²) < 4.78 is 24.7. The molecule has 1 heterocycles. The predicted octanol–water partition coefficient (Wildman–Crippen LogP) is -1.01. The van der Waals surface area contributed by atoms with Gasteiger partial charge in [0.05, 0.1) is 11.7 Å². The van der Waals surface area contributed by atoms with Gasteiger partial charge in [-0.15, -0.1) is 0 Å². The molecule has 0 aromatic carbocycles. The van der Waals surface area contributed by atoms with Crippen molar-refractivity contribution in [1.29, 1.82) is 0 Å². The first-order valence-electron chi connectivity index (χ1n) is 5.32. The van der Waals surface area contributed by atoms with Crippen molar-refractivity contribution in [2.75, 3.05) is 18.8 Å². The predicted molar refractivity (Wildman–Crippen MR) is 59.5 cm³/mol. The summed E-state index contributed by atoms with van der Waals surface area (Å²) in [6.45, 7) is 0.397. The first-order valence-corrected chi connectivity index (χ1v) is 6.93. The van der Waals surface area contributed by atoms with Gasteiger partial charge in [-0.05, 0) is 12.8 Å². The maximum absolute atomic E-state index is 11.8. The zero-order chi connectivity index (χ0) is 13.1. The van der Waals surface area contributed by atoms with Crippen molar-refractivity contribution >= 4 is 21.9 Å². The highest BCUT2D eigenvalue weighted by molar-refractivity contribution is 7.89. The van der Waals surface area contributed by atoms with E-state index < -0.39 is 27.8 Å². The van der Waals surface area contributed by atoms with E-state index in [4.69, 9.17) is 10.8 Å².